The van der Waals surface area contributed by atoms with E-state index in [-0.39, 0.29) is 16.5 Å². The normalized spacial score (nSPS) is 23.8. The summed E-state index contributed by atoms with van der Waals surface area (Å²) in [6.45, 7) is 1.67. The molecule has 0 heterocycles. The Hall–Kier alpha value is -0.980. The quantitative estimate of drug-likeness (QED) is 0.895. The SMILES string of the molecule is CC1CCCC(NS(=O)(=O)c2cc(F)ccc2CO)C1. The summed E-state index contributed by atoms with van der Waals surface area (Å²) in [4.78, 5) is -0.168. The summed E-state index contributed by atoms with van der Waals surface area (Å²) in [7, 11) is -3.80. The molecule has 1 aliphatic carbocycles. The van der Waals surface area contributed by atoms with Gasteiger partial charge in [0, 0.05) is 6.04 Å². The van der Waals surface area contributed by atoms with Gasteiger partial charge < -0.3 is 5.11 Å². The number of benzene rings is 1. The van der Waals surface area contributed by atoms with Crippen LogP contribution in [0.4, 0.5) is 4.39 Å². The standard InChI is InChI=1S/C14H20FNO3S/c1-10-3-2-4-13(7-10)16-20(18,19)14-8-12(15)6-5-11(14)9-17/h5-6,8,10,13,16-17H,2-4,7,9H2,1H3. The number of halogens is 1. The number of rotatable bonds is 4. The van der Waals surface area contributed by atoms with E-state index in [4.69, 9.17) is 0 Å². The summed E-state index contributed by atoms with van der Waals surface area (Å²) >= 11 is 0. The van der Waals surface area contributed by atoms with Gasteiger partial charge in [-0.05, 0) is 36.5 Å². The number of aliphatic hydroxyl groups is 1. The molecule has 20 heavy (non-hydrogen) atoms. The molecule has 0 saturated heterocycles. The van der Waals surface area contributed by atoms with Gasteiger partial charge in [-0.2, -0.15) is 0 Å². The molecule has 1 aromatic rings. The van der Waals surface area contributed by atoms with Crippen LogP contribution in [-0.4, -0.2) is 19.6 Å². The smallest absolute Gasteiger partial charge is 0.241 e. The molecule has 2 rings (SSSR count). The van der Waals surface area contributed by atoms with Crippen LogP contribution in [0.1, 0.15) is 38.2 Å². The van der Waals surface area contributed by atoms with E-state index in [0.717, 1.165) is 37.8 Å². The van der Waals surface area contributed by atoms with Crippen LogP contribution in [-0.2, 0) is 16.6 Å². The van der Waals surface area contributed by atoms with Gasteiger partial charge in [0.2, 0.25) is 10.0 Å². The first-order valence-electron chi connectivity index (χ1n) is 6.84. The second-order valence-corrected chi connectivity index (χ2v) is 7.18. The summed E-state index contributed by atoms with van der Waals surface area (Å²) in [5, 5.41) is 9.21. The van der Waals surface area contributed by atoms with Gasteiger partial charge in [0.15, 0.2) is 0 Å². The minimum Gasteiger partial charge on any atom is -0.392 e. The number of sulfonamides is 1. The fraction of sp³-hybridized carbons (Fsp3) is 0.571. The van der Waals surface area contributed by atoms with Crippen molar-refractivity contribution in [3.63, 3.8) is 0 Å². The summed E-state index contributed by atoms with van der Waals surface area (Å²) < 4.78 is 40.6. The third-order valence-corrected chi connectivity index (χ3v) is 5.35. The molecule has 2 atom stereocenters. The van der Waals surface area contributed by atoms with Gasteiger partial charge in [-0.3, -0.25) is 0 Å². The van der Waals surface area contributed by atoms with Crippen LogP contribution in [0.3, 0.4) is 0 Å². The predicted octanol–water partition coefficient (Wildman–Crippen LogP) is 2.17. The molecular weight excluding hydrogens is 281 g/mol. The molecule has 4 nitrogen and oxygen atoms in total. The number of hydrogen-bond acceptors (Lipinski definition) is 3. The molecule has 0 bridgehead atoms. The van der Waals surface area contributed by atoms with E-state index in [0.29, 0.717) is 5.92 Å². The molecule has 1 fully saturated rings. The van der Waals surface area contributed by atoms with Gasteiger partial charge in [0.1, 0.15) is 5.82 Å². The average molecular weight is 301 g/mol. The van der Waals surface area contributed by atoms with Gasteiger partial charge in [-0.15, -0.1) is 0 Å². The van der Waals surface area contributed by atoms with Crippen molar-refractivity contribution in [1.29, 1.82) is 0 Å². The highest BCUT2D eigenvalue weighted by Crippen LogP contribution is 2.25. The van der Waals surface area contributed by atoms with Crippen molar-refractivity contribution < 1.29 is 17.9 Å². The van der Waals surface area contributed by atoms with Crippen LogP contribution in [0.25, 0.3) is 0 Å². The van der Waals surface area contributed by atoms with Gasteiger partial charge >= 0.3 is 0 Å². The molecule has 2 unspecified atom stereocenters. The third kappa shape index (κ3) is 3.56. The zero-order valence-electron chi connectivity index (χ0n) is 11.5. The monoisotopic (exact) mass is 301 g/mol. The van der Waals surface area contributed by atoms with E-state index in [2.05, 4.69) is 11.6 Å². The van der Waals surface area contributed by atoms with Crippen molar-refractivity contribution >= 4 is 10.0 Å². The van der Waals surface area contributed by atoms with Gasteiger partial charge in [-0.25, -0.2) is 17.5 Å². The average Bonchev–Trinajstić information content (AvgIpc) is 2.38. The van der Waals surface area contributed by atoms with Crippen LogP contribution in [0.2, 0.25) is 0 Å². The van der Waals surface area contributed by atoms with Crippen LogP contribution in [0.15, 0.2) is 23.1 Å². The Morgan fingerprint density at radius 1 is 1.40 bits per heavy atom. The summed E-state index contributed by atoms with van der Waals surface area (Å²) in [5.74, 6) is -0.138. The van der Waals surface area contributed by atoms with Gasteiger partial charge in [-0.1, -0.05) is 25.8 Å². The maximum Gasteiger partial charge on any atom is 0.241 e. The number of aliphatic hydroxyl groups excluding tert-OH is 1. The number of nitrogens with one attached hydrogen (secondary N) is 1. The highest BCUT2D eigenvalue weighted by Gasteiger charge is 2.26. The Morgan fingerprint density at radius 2 is 2.15 bits per heavy atom. The van der Waals surface area contributed by atoms with Crippen molar-refractivity contribution in [3.05, 3.63) is 29.6 Å². The van der Waals surface area contributed by atoms with E-state index >= 15 is 0 Å². The Morgan fingerprint density at radius 3 is 2.80 bits per heavy atom. The first kappa shape index (κ1) is 15.4. The molecule has 2 N–H and O–H groups in total. The van der Waals surface area contributed by atoms with Crippen LogP contribution in [0, 0.1) is 11.7 Å². The third-order valence-electron chi connectivity index (χ3n) is 3.75. The highest BCUT2D eigenvalue weighted by atomic mass is 32.2. The second kappa shape index (κ2) is 6.20. The number of hydrogen-bond donors (Lipinski definition) is 2. The molecule has 1 saturated carbocycles. The van der Waals surface area contributed by atoms with Crippen LogP contribution < -0.4 is 4.72 Å². The molecule has 1 aliphatic rings. The van der Waals surface area contributed by atoms with Crippen molar-refractivity contribution in [3.8, 4) is 0 Å². The molecule has 0 aliphatic heterocycles. The van der Waals surface area contributed by atoms with E-state index in [1.165, 1.54) is 6.07 Å². The zero-order chi connectivity index (χ0) is 14.8. The van der Waals surface area contributed by atoms with Crippen molar-refractivity contribution in [2.75, 3.05) is 0 Å². The van der Waals surface area contributed by atoms with E-state index in [1.807, 2.05) is 0 Å². The van der Waals surface area contributed by atoms with Crippen LogP contribution >= 0.6 is 0 Å². The molecule has 0 aromatic heterocycles. The Bertz CT molecular complexity index is 574. The lowest BCUT2D eigenvalue weighted by Gasteiger charge is -2.27. The first-order valence-corrected chi connectivity index (χ1v) is 8.32. The zero-order valence-corrected chi connectivity index (χ0v) is 12.3. The minimum atomic E-state index is -3.80. The van der Waals surface area contributed by atoms with Gasteiger partial charge in [0.25, 0.3) is 0 Å². The summed E-state index contributed by atoms with van der Waals surface area (Å²) in [5.41, 5.74) is 0.211. The second-order valence-electron chi connectivity index (χ2n) is 5.50. The maximum atomic E-state index is 13.3. The topological polar surface area (TPSA) is 66.4 Å². The Balaban J connectivity index is 2.24. The van der Waals surface area contributed by atoms with E-state index < -0.39 is 22.4 Å². The molecule has 0 spiro atoms. The fourth-order valence-corrected chi connectivity index (χ4v) is 4.26. The minimum absolute atomic E-state index is 0.112. The van der Waals surface area contributed by atoms with Gasteiger partial charge in [0.05, 0.1) is 11.5 Å². The Kier molecular flexibility index (Phi) is 4.78. The van der Waals surface area contributed by atoms with Crippen molar-refractivity contribution in [2.24, 2.45) is 5.92 Å². The lowest BCUT2D eigenvalue weighted by atomic mass is 9.88. The van der Waals surface area contributed by atoms with Crippen LogP contribution in [0.5, 0.6) is 0 Å². The lowest BCUT2D eigenvalue weighted by molar-refractivity contribution is 0.278. The van der Waals surface area contributed by atoms with Crippen molar-refractivity contribution in [2.45, 2.75) is 50.2 Å². The summed E-state index contributed by atoms with van der Waals surface area (Å²) in [6.07, 6.45) is 3.70. The van der Waals surface area contributed by atoms with Crippen molar-refractivity contribution in [1.82, 2.24) is 4.72 Å². The van der Waals surface area contributed by atoms with E-state index in [9.17, 15) is 17.9 Å². The maximum absolute atomic E-state index is 13.3. The Labute approximate surface area is 119 Å². The first-order chi connectivity index (χ1) is 9.42. The van der Waals surface area contributed by atoms with E-state index in [1.54, 1.807) is 0 Å². The lowest BCUT2D eigenvalue weighted by Crippen LogP contribution is -2.38. The highest BCUT2D eigenvalue weighted by molar-refractivity contribution is 7.89. The molecule has 6 heteroatoms. The molecule has 0 amide bonds. The molecular formula is C14H20FNO3S. The predicted molar refractivity (Wildman–Crippen MR) is 74.1 cm³/mol. The summed E-state index contributed by atoms with van der Waals surface area (Å²) in [6, 6.07) is 3.29. The molecule has 112 valence electrons. The molecule has 0 radical (unpaired) electrons. The largest absolute Gasteiger partial charge is 0.392 e. The molecule has 1 aromatic carbocycles. The fourth-order valence-electron chi connectivity index (χ4n) is 2.73.